The van der Waals surface area contributed by atoms with E-state index in [-0.39, 0.29) is 21.8 Å². The van der Waals surface area contributed by atoms with Crippen molar-refractivity contribution in [3.63, 3.8) is 0 Å². The first-order valence-corrected chi connectivity index (χ1v) is 9.58. The Kier molecular flexibility index (Phi) is 4.97. The average molecular weight is 425 g/mol. The molecule has 11 heteroatoms. The normalized spacial score (nSPS) is 12.2. The van der Waals surface area contributed by atoms with Gasteiger partial charge in [0.15, 0.2) is 5.69 Å². The van der Waals surface area contributed by atoms with Crippen molar-refractivity contribution < 1.29 is 31.5 Å². The molecule has 0 aliphatic carbocycles. The second kappa shape index (κ2) is 7.01. The predicted octanol–water partition coefficient (Wildman–Crippen LogP) is 3.21. The molecule has 29 heavy (non-hydrogen) atoms. The number of nitrogens with zero attached hydrogens (tertiary/aromatic N) is 2. The lowest BCUT2D eigenvalue weighted by atomic mass is 10.0. The minimum absolute atomic E-state index is 0.0333. The highest BCUT2D eigenvalue weighted by atomic mass is 32.2. The lowest BCUT2D eigenvalue weighted by Gasteiger charge is -2.10. The Morgan fingerprint density at radius 2 is 1.62 bits per heavy atom. The monoisotopic (exact) mass is 425 g/mol. The van der Waals surface area contributed by atoms with Gasteiger partial charge in [0.2, 0.25) is 10.0 Å². The van der Waals surface area contributed by atoms with E-state index in [1.807, 2.05) is 0 Å². The number of hydrogen-bond acceptors (Lipinski definition) is 4. The lowest BCUT2D eigenvalue weighted by Crippen LogP contribution is -2.12. The van der Waals surface area contributed by atoms with E-state index in [1.54, 1.807) is 19.1 Å². The third kappa shape index (κ3) is 4.00. The molecule has 0 bridgehead atoms. The maximum atomic E-state index is 13.5. The van der Waals surface area contributed by atoms with Crippen molar-refractivity contribution in [2.45, 2.75) is 18.0 Å². The van der Waals surface area contributed by atoms with Crippen molar-refractivity contribution in [3.8, 4) is 16.9 Å². The van der Waals surface area contributed by atoms with Gasteiger partial charge >= 0.3 is 12.1 Å². The number of carbonyl (C=O) groups is 1. The maximum Gasteiger partial charge on any atom is 0.436 e. The molecule has 0 spiro atoms. The maximum absolute atomic E-state index is 13.5. The summed E-state index contributed by atoms with van der Waals surface area (Å²) >= 11 is 0. The number of aromatic nitrogens is 2. The van der Waals surface area contributed by atoms with Gasteiger partial charge in [0, 0.05) is 5.56 Å². The van der Waals surface area contributed by atoms with Gasteiger partial charge in [0.25, 0.3) is 0 Å². The molecule has 7 nitrogen and oxygen atoms in total. The van der Waals surface area contributed by atoms with Crippen molar-refractivity contribution in [3.05, 3.63) is 65.4 Å². The van der Waals surface area contributed by atoms with Crippen molar-refractivity contribution >= 4 is 16.0 Å². The zero-order valence-electron chi connectivity index (χ0n) is 14.8. The van der Waals surface area contributed by atoms with Crippen LogP contribution >= 0.6 is 0 Å². The predicted molar refractivity (Wildman–Crippen MR) is 97.1 cm³/mol. The van der Waals surface area contributed by atoms with Gasteiger partial charge in [-0.3, -0.25) is 0 Å². The molecular weight excluding hydrogens is 411 g/mol. The van der Waals surface area contributed by atoms with Crippen molar-refractivity contribution in [1.29, 1.82) is 0 Å². The van der Waals surface area contributed by atoms with Gasteiger partial charge in [0.1, 0.15) is 5.56 Å². The average Bonchev–Trinajstić information content (AvgIpc) is 3.03. The van der Waals surface area contributed by atoms with Crippen LogP contribution in [0.2, 0.25) is 0 Å². The number of alkyl halides is 3. The molecule has 152 valence electrons. The molecule has 1 heterocycles. The highest BCUT2D eigenvalue weighted by Gasteiger charge is 2.42. The van der Waals surface area contributed by atoms with Crippen molar-refractivity contribution in [2.24, 2.45) is 5.14 Å². The highest BCUT2D eigenvalue weighted by molar-refractivity contribution is 7.89. The van der Waals surface area contributed by atoms with Gasteiger partial charge in [0.05, 0.1) is 16.3 Å². The molecule has 0 aliphatic rings. The Morgan fingerprint density at radius 3 is 2.07 bits per heavy atom. The molecule has 0 radical (unpaired) electrons. The summed E-state index contributed by atoms with van der Waals surface area (Å²) in [5.41, 5.74) is -1.79. The van der Waals surface area contributed by atoms with Crippen molar-refractivity contribution in [1.82, 2.24) is 9.78 Å². The molecule has 0 atom stereocenters. The molecular formula is C18H14F3N3O4S. The van der Waals surface area contributed by atoms with Gasteiger partial charge < -0.3 is 5.11 Å². The summed E-state index contributed by atoms with van der Waals surface area (Å²) < 4.78 is 64.1. The number of sulfonamides is 1. The molecule has 0 unspecified atom stereocenters. The van der Waals surface area contributed by atoms with Gasteiger partial charge in [-0.1, -0.05) is 29.8 Å². The van der Waals surface area contributed by atoms with Crippen LogP contribution in [0.1, 0.15) is 21.6 Å². The summed E-state index contributed by atoms with van der Waals surface area (Å²) in [6, 6.07) is 10.8. The summed E-state index contributed by atoms with van der Waals surface area (Å²) in [7, 11) is -4.01. The van der Waals surface area contributed by atoms with Gasteiger partial charge in [-0.25, -0.2) is 23.0 Å². The largest absolute Gasteiger partial charge is 0.478 e. The number of benzene rings is 2. The summed E-state index contributed by atoms with van der Waals surface area (Å²) in [4.78, 5) is 11.5. The van der Waals surface area contributed by atoms with Gasteiger partial charge in [-0.2, -0.15) is 18.3 Å². The van der Waals surface area contributed by atoms with Crippen LogP contribution in [0.4, 0.5) is 13.2 Å². The van der Waals surface area contributed by atoms with E-state index < -0.39 is 33.4 Å². The van der Waals surface area contributed by atoms with Crippen LogP contribution in [0.25, 0.3) is 16.9 Å². The van der Waals surface area contributed by atoms with Crippen LogP contribution in [-0.2, 0) is 16.2 Å². The minimum Gasteiger partial charge on any atom is -0.478 e. The number of rotatable bonds is 4. The zero-order valence-corrected chi connectivity index (χ0v) is 15.6. The van der Waals surface area contributed by atoms with Crippen LogP contribution in [-0.4, -0.2) is 29.3 Å². The molecule has 1 aromatic heterocycles. The molecule has 0 saturated carbocycles. The smallest absolute Gasteiger partial charge is 0.436 e. The van der Waals surface area contributed by atoms with E-state index in [2.05, 4.69) is 5.10 Å². The quantitative estimate of drug-likeness (QED) is 0.666. The van der Waals surface area contributed by atoms with Gasteiger partial charge in [-0.05, 0) is 31.2 Å². The fraction of sp³-hybridized carbons (Fsp3) is 0.111. The van der Waals surface area contributed by atoms with E-state index in [1.165, 1.54) is 24.3 Å². The SMILES string of the molecule is Cc1ccc(-c2c(C(=O)O)c(C(F)(F)F)nn2-c2ccc(S(N)(=O)=O)cc2)cc1. The summed E-state index contributed by atoms with van der Waals surface area (Å²) in [5.74, 6) is -1.79. The molecule has 3 rings (SSSR count). The number of aromatic carboxylic acids is 1. The van der Waals surface area contributed by atoms with Crippen LogP contribution in [0.3, 0.4) is 0 Å². The van der Waals surface area contributed by atoms with Crippen LogP contribution in [0, 0.1) is 6.92 Å². The topological polar surface area (TPSA) is 115 Å². The Balaban J connectivity index is 2.34. The van der Waals surface area contributed by atoms with E-state index in [0.717, 1.165) is 22.4 Å². The van der Waals surface area contributed by atoms with Crippen LogP contribution < -0.4 is 5.14 Å². The molecule has 0 aliphatic heterocycles. The van der Waals surface area contributed by atoms with Crippen molar-refractivity contribution in [2.75, 3.05) is 0 Å². The Morgan fingerprint density at radius 1 is 1.07 bits per heavy atom. The standard InChI is InChI=1S/C18H14F3N3O4S/c1-10-2-4-11(5-3-10)15-14(17(25)26)16(18(19,20)21)23-24(15)12-6-8-13(9-7-12)29(22,27)28/h2-9H,1H3,(H,25,26)(H2,22,27,28). The molecule has 3 aromatic rings. The second-order valence-corrected chi connectivity index (χ2v) is 7.75. The highest BCUT2D eigenvalue weighted by Crippen LogP contribution is 2.38. The minimum atomic E-state index is -5.01. The number of primary sulfonamides is 1. The first-order chi connectivity index (χ1) is 13.4. The molecule has 0 saturated heterocycles. The van der Waals surface area contributed by atoms with Crippen LogP contribution in [0.15, 0.2) is 53.4 Å². The lowest BCUT2D eigenvalue weighted by molar-refractivity contribution is -0.141. The fourth-order valence-electron chi connectivity index (χ4n) is 2.76. The fourth-order valence-corrected chi connectivity index (χ4v) is 3.28. The number of nitrogens with two attached hydrogens (primary N) is 1. The van der Waals surface area contributed by atoms with E-state index in [9.17, 15) is 31.5 Å². The molecule has 0 amide bonds. The number of halogens is 3. The Labute approximate surface area is 163 Å². The number of carboxylic acid groups (broad SMARTS) is 1. The second-order valence-electron chi connectivity index (χ2n) is 6.19. The number of carboxylic acids is 1. The number of hydrogen-bond donors (Lipinski definition) is 2. The molecule has 0 fully saturated rings. The zero-order chi connectivity index (χ0) is 21.6. The Bertz CT molecular complexity index is 1180. The third-order valence-electron chi connectivity index (χ3n) is 4.10. The molecule has 2 aromatic carbocycles. The molecule has 3 N–H and O–H groups in total. The summed E-state index contributed by atoms with van der Waals surface area (Å²) in [6.45, 7) is 1.77. The summed E-state index contributed by atoms with van der Waals surface area (Å²) in [5, 5.41) is 18.0. The van der Waals surface area contributed by atoms with Crippen LogP contribution in [0.5, 0.6) is 0 Å². The first kappa shape index (κ1) is 20.6. The Hall–Kier alpha value is -3.18. The summed E-state index contributed by atoms with van der Waals surface area (Å²) in [6.07, 6.45) is -5.01. The first-order valence-electron chi connectivity index (χ1n) is 8.03. The van der Waals surface area contributed by atoms with E-state index in [0.29, 0.717) is 0 Å². The van der Waals surface area contributed by atoms with E-state index in [4.69, 9.17) is 5.14 Å². The number of aryl methyl sites for hydroxylation is 1. The van der Waals surface area contributed by atoms with Gasteiger partial charge in [-0.15, -0.1) is 0 Å². The third-order valence-corrected chi connectivity index (χ3v) is 5.03. The van der Waals surface area contributed by atoms with E-state index >= 15 is 0 Å².